The van der Waals surface area contributed by atoms with Crippen LogP contribution in [-0.2, 0) is 11.2 Å². The molecule has 1 aliphatic rings. The first-order chi connectivity index (χ1) is 16.2. The van der Waals surface area contributed by atoms with Crippen LogP contribution in [0.2, 0.25) is 0 Å². The van der Waals surface area contributed by atoms with Gasteiger partial charge in [0.25, 0.3) is 5.91 Å². The average Bonchev–Trinajstić information content (AvgIpc) is 3.36. The molecule has 0 aliphatic carbocycles. The summed E-state index contributed by atoms with van der Waals surface area (Å²) in [6, 6.07) is 12.1. The third kappa shape index (κ3) is 6.75. The second-order valence-electron chi connectivity index (χ2n) is 8.41. The van der Waals surface area contributed by atoms with Crippen LogP contribution in [0, 0.1) is 17.8 Å². The van der Waals surface area contributed by atoms with E-state index in [2.05, 4.69) is 24.0 Å². The molecule has 2 heterocycles. The van der Waals surface area contributed by atoms with Gasteiger partial charge >= 0.3 is 11.9 Å². The molecule has 0 radical (unpaired) electrons. The Morgan fingerprint density at radius 1 is 1.29 bits per heavy atom. The molecule has 1 amide bonds. The summed E-state index contributed by atoms with van der Waals surface area (Å²) in [6.07, 6.45) is 4.04. The molecular weight excluding hydrogens is 460 g/mol. The molecule has 3 rings (SSSR count). The molecule has 2 aromatic rings. The third-order valence-corrected chi connectivity index (χ3v) is 6.79. The molecule has 34 heavy (non-hydrogen) atoms. The van der Waals surface area contributed by atoms with Crippen LogP contribution >= 0.6 is 11.3 Å². The monoisotopic (exact) mass is 487 g/mol. The van der Waals surface area contributed by atoms with Gasteiger partial charge in [0.2, 0.25) is 0 Å². The van der Waals surface area contributed by atoms with Crippen molar-refractivity contribution in [1.82, 2.24) is 4.90 Å². The topological polar surface area (TPSA) is 77.8 Å². The number of aliphatic hydroxyl groups excluding tert-OH is 1. The van der Waals surface area contributed by atoms with Crippen molar-refractivity contribution in [3.05, 3.63) is 69.9 Å². The number of aryl methyl sites for hydroxylation is 1. The fourth-order valence-electron chi connectivity index (χ4n) is 3.79. The van der Waals surface area contributed by atoms with Crippen molar-refractivity contribution in [2.45, 2.75) is 50.7 Å². The largest absolute Gasteiger partial charge is 0.477 e. The van der Waals surface area contributed by atoms with E-state index >= 15 is 0 Å². The number of carbonyl (C=O) groups excluding carboxylic acids is 1. The number of alkyl halides is 2. The molecule has 0 spiro atoms. The lowest BCUT2D eigenvalue weighted by molar-refractivity contribution is -0.147. The number of hydrogen-bond acceptors (Lipinski definition) is 4. The van der Waals surface area contributed by atoms with Crippen LogP contribution in [-0.4, -0.2) is 51.6 Å². The van der Waals surface area contributed by atoms with E-state index in [1.807, 2.05) is 25.1 Å². The van der Waals surface area contributed by atoms with E-state index < -0.39 is 36.4 Å². The number of aliphatic hydroxyl groups is 1. The minimum Gasteiger partial charge on any atom is -0.477 e. The quantitative estimate of drug-likeness (QED) is 0.400. The van der Waals surface area contributed by atoms with E-state index in [1.54, 1.807) is 0 Å². The molecule has 2 N–H and O–H groups in total. The van der Waals surface area contributed by atoms with Gasteiger partial charge in [0.05, 0.1) is 23.6 Å². The molecule has 0 unspecified atom stereocenters. The zero-order chi connectivity index (χ0) is 24.7. The van der Waals surface area contributed by atoms with Crippen LogP contribution < -0.4 is 0 Å². The smallest absolute Gasteiger partial charge is 0.345 e. The van der Waals surface area contributed by atoms with Crippen molar-refractivity contribution < 1.29 is 28.6 Å². The number of halogens is 2. The van der Waals surface area contributed by atoms with Gasteiger partial charge in [0.1, 0.15) is 4.88 Å². The maximum Gasteiger partial charge on any atom is 0.345 e. The predicted molar refractivity (Wildman–Crippen MR) is 127 cm³/mol. The Bertz CT molecular complexity index is 1090. The number of rotatable bonds is 9. The van der Waals surface area contributed by atoms with Crippen LogP contribution in [0.4, 0.5) is 8.78 Å². The number of carbonyl (C=O) groups is 2. The summed E-state index contributed by atoms with van der Waals surface area (Å²) >= 11 is 0.975. The Balaban J connectivity index is 1.57. The number of nitrogens with zero attached hydrogens (tertiary/aromatic N) is 1. The van der Waals surface area contributed by atoms with Gasteiger partial charge in [-0.15, -0.1) is 11.3 Å². The highest BCUT2D eigenvalue weighted by molar-refractivity contribution is 7.14. The number of aromatic carboxylic acids is 1. The highest BCUT2D eigenvalue weighted by Crippen LogP contribution is 2.34. The van der Waals surface area contributed by atoms with E-state index in [4.69, 9.17) is 5.11 Å². The van der Waals surface area contributed by atoms with Gasteiger partial charge in [-0.3, -0.25) is 4.79 Å². The maximum atomic E-state index is 14.1. The summed E-state index contributed by atoms with van der Waals surface area (Å²) in [6.45, 7) is 1.69. The SMILES string of the molecule is C[C@@H](CCCc1ccccc1)[C@@H](O)C=C[C@H]1CC(F)(F)C(=O)N1CC#Cc1ccc(C(=O)O)s1. The van der Waals surface area contributed by atoms with E-state index in [0.717, 1.165) is 35.5 Å². The summed E-state index contributed by atoms with van der Waals surface area (Å²) in [4.78, 5) is 24.7. The molecule has 8 heteroatoms. The lowest BCUT2D eigenvalue weighted by Gasteiger charge is -2.20. The minimum atomic E-state index is -3.48. The lowest BCUT2D eigenvalue weighted by Crippen LogP contribution is -2.36. The summed E-state index contributed by atoms with van der Waals surface area (Å²) in [5, 5.41) is 19.4. The standard InChI is InChI=1S/C26H27F2NO4S/c1-18(7-5-10-19-8-3-2-4-9-19)22(30)14-12-20-17-26(27,28)25(33)29(20)16-6-11-21-13-15-23(34-21)24(31)32/h2-4,8-9,12-15,18,20,22,30H,5,7,10,16-17H2,1H3,(H,31,32)/t18-,20-,22-/m0/s1. The number of hydrogen-bond donors (Lipinski definition) is 2. The minimum absolute atomic E-state index is 0.0620. The highest BCUT2D eigenvalue weighted by Gasteiger charge is 2.52. The number of carboxylic acids is 1. The van der Waals surface area contributed by atoms with Crippen LogP contribution in [0.5, 0.6) is 0 Å². The molecule has 1 saturated heterocycles. The molecule has 1 aromatic heterocycles. The number of likely N-dealkylation sites (tertiary alicyclic amines) is 1. The molecule has 3 atom stereocenters. The first kappa shape index (κ1) is 25.6. The highest BCUT2D eigenvalue weighted by atomic mass is 32.1. The number of carboxylic acid groups (broad SMARTS) is 1. The molecule has 5 nitrogen and oxygen atoms in total. The molecule has 1 aromatic carbocycles. The van der Waals surface area contributed by atoms with Crippen LogP contribution in [0.3, 0.4) is 0 Å². The predicted octanol–water partition coefficient (Wildman–Crippen LogP) is 4.61. The molecule has 1 aliphatic heterocycles. The lowest BCUT2D eigenvalue weighted by atomic mass is 9.95. The summed E-state index contributed by atoms with van der Waals surface area (Å²) in [5.41, 5.74) is 1.23. The average molecular weight is 488 g/mol. The van der Waals surface area contributed by atoms with Crippen molar-refractivity contribution in [2.24, 2.45) is 5.92 Å². The normalized spacial score (nSPS) is 19.1. The maximum absolute atomic E-state index is 14.1. The Hall–Kier alpha value is -3.02. The van der Waals surface area contributed by atoms with Crippen molar-refractivity contribution in [2.75, 3.05) is 6.54 Å². The number of benzene rings is 1. The Morgan fingerprint density at radius 3 is 2.71 bits per heavy atom. The first-order valence-corrected chi connectivity index (χ1v) is 11.9. The molecule has 0 bridgehead atoms. The molecule has 0 saturated carbocycles. The van der Waals surface area contributed by atoms with Crippen LogP contribution in [0.25, 0.3) is 0 Å². The molecule has 180 valence electrons. The van der Waals surface area contributed by atoms with Gasteiger partial charge in [-0.1, -0.05) is 61.2 Å². The summed E-state index contributed by atoms with van der Waals surface area (Å²) in [7, 11) is 0. The van der Waals surface area contributed by atoms with Crippen LogP contribution in [0.15, 0.2) is 54.6 Å². The zero-order valence-corrected chi connectivity index (χ0v) is 19.6. The van der Waals surface area contributed by atoms with Crippen LogP contribution in [0.1, 0.15) is 46.3 Å². The van der Waals surface area contributed by atoms with Crippen molar-refractivity contribution in [1.29, 1.82) is 0 Å². The zero-order valence-electron chi connectivity index (χ0n) is 18.8. The number of amides is 1. The van der Waals surface area contributed by atoms with Gasteiger partial charge in [0.15, 0.2) is 0 Å². The van der Waals surface area contributed by atoms with Gasteiger partial charge in [-0.2, -0.15) is 8.78 Å². The summed E-state index contributed by atoms with van der Waals surface area (Å²) in [5.74, 6) is -0.484. The fraction of sp³-hybridized carbons (Fsp3) is 0.385. The van der Waals surface area contributed by atoms with E-state index in [1.165, 1.54) is 29.8 Å². The first-order valence-electron chi connectivity index (χ1n) is 11.1. The second-order valence-corrected chi connectivity index (χ2v) is 9.49. The van der Waals surface area contributed by atoms with E-state index in [9.17, 15) is 23.5 Å². The Kier molecular flexibility index (Phi) is 8.59. The van der Waals surface area contributed by atoms with Gasteiger partial charge in [0, 0.05) is 6.42 Å². The Labute approximate surface area is 201 Å². The number of thiophene rings is 1. The van der Waals surface area contributed by atoms with Gasteiger partial charge in [-0.25, -0.2) is 4.79 Å². The third-order valence-electron chi connectivity index (χ3n) is 5.80. The van der Waals surface area contributed by atoms with Crippen molar-refractivity contribution in [3.63, 3.8) is 0 Å². The van der Waals surface area contributed by atoms with Crippen molar-refractivity contribution >= 4 is 23.2 Å². The van der Waals surface area contributed by atoms with Gasteiger partial charge in [-0.05, 0) is 42.9 Å². The van der Waals surface area contributed by atoms with E-state index in [0.29, 0.717) is 4.88 Å². The Morgan fingerprint density at radius 2 is 2.03 bits per heavy atom. The fourth-order valence-corrected chi connectivity index (χ4v) is 4.51. The summed E-state index contributed by atoms with van der Waals surface area (Å²) < 4.78 is 28.2. The van der Waals surface area contributed by atoms with E-state index in [-0.39, 0.29) is 17.3 Å². The second kappa shape index (κ2) is 11.4. The molecule has 1 fully saturated rings. The molecular formula is C26H27F2NO4S. The van der Waals surface area contributed by atoms with Gasteiger partial charge < -0.3 is 15.1 Å². The van der Waals surface area contributed by atoms with Crippen molar-refractivity contribution in [3.8, 4) is 11.8 Å².